The Labute approximate surface area is 162 Å². The molecule has 27 heavy (non-hydrogen) atoms. The molecule has 0 saturated carbocycles. The number of aryl methyl sites for hydroxylation is 1. The van der Waals surface area contributed by atoms with E-state index in [4.69, 9.17) is 34.7 Å². The van der Waals surface area contributed by atoms with Crippen LogP contribution in [0.15, 0.2) is 30.3 Å². The van der Waals surface area contributed by atoms with E-state index in [1.807, 2.05) is 0 Å². The third-order valence-corrected chi connectivity index (χ3v) is 4.68. The molecule has 0 radical (unpaired) electrons. The van der Waals surface area contributed by atoms with E-state index >= 15 is 0 Å². The van der Waals surface area contributed by atoms with E-state index in [1.165, 1.54) is 12.1 Å². The molecule has 3 aromatic rings. The van der Waals surface area contributed by atoms with Crippen molar-refractivity contribution in [3.05, 3.63) is 57.6 Å². The highest BCUT2D eigenvalue weighted by Gasteiger charge is 2.30. The Kier molecular flexibility index (Phi) is 4.92. The summed E-state index contributed by atoms with van der Waals surface area (Å²) >= 11 is 12.4. The SMILES string of the molecule is Cc1c(/C(Cl)=C\c2ccc(C(F)(F)F)cc2Cl)ccc2nc(N)nc(N)c12. The van der Waals surface area contributed by atoms with Crippen molar-refractivity contribution in [2.45, 2.75) is 13.1 Å². The van der Waals surface area contributed by atoms with Crippen LogP contribution < -0.4 is 11.5 Å². The van der Waals surface area contributed by atoms with E-state index in [1.54, 1.807) is 19.1 Å². The van der Waals surface area contributed by atoms with Crippen LogP contribution in [0.4, 0.5) is 24.9 Å². The highest BCUT2D eigenvalue weighted by atomic mass is 35.5. The first-order valence-electron chi connectivity index (χ1n) is 7.64. The maximum absolute atomic E-state index is 12.8. The number of nitrogens with two attached hydrogens (primary N) is 2. The van der Waals surface area contributed by atoms with Crippen molar-refractivity contribution in [3.8, 4) is 0 Å². The number of hydrogen-bond acceptors (Lipinski definition) is 4. The molecule has 0 spiro atoms. The first kappa shape index (κ1) is 19.3. The Balaban J connectivity index is 2.08. The lowest BCUT2D eigenvalue weighted by atomic mass is 10.0. The summed E-state index contributed by atoms with van der Waals surface area (Å²) in [7, 11) is 0. The zero-order chi connectivity index (χ0) is 19.9. The summed E-state index contributed by atoms with van der Waals surface area (Å²) in [4.78, 5) is 8.07. The topological polar surface area (TPSA) is 77.8 Å². The predicted octanol–water partition coefficient (Wildman–Crippen LogP) is 5.51. The van der Waals surface area contributed by atoms with Crippen molar-refractivity contribution in [2.24, 2.45) is 0 Å². The van der Waals surface area contributed by atoms with Gasteiger partial charge in [-0.05, 0) is 47.9 Å². The van der Waals surface area contributed by atoms with E-state index < -0.39 is 11.7 Å². The molecule has 0 amide bonds. The molecule has 3 rings (SSSR count). The summed E-state index contributed by atoms with van der Waals surface area (Å²) in [6.07, 6.45) is -2.98. The molecule has 0 aliphatic rings. The number of anilines is 2. The average molecular weight is 413 g/mol. The minimum atomic E-state index is -4.47. The summed E-state index contributed by atoms with van der Waals surface area (Å²) in [5.74, 6) is 0.277. The van der Waals surface area contributed by atoms with Crippen LogP contribution in [-0.4, -0.2) is 9.97 Å². The van der Waals surface area contributed by atoms with Gasteiger partial charge in [0.15, 0.2) is 0 Å². The van der Waals surface area contributed by atoms with Crippen LogP contribution in [0, 0.1) is 6.92 Å². The number of rotatable bonds is 2. The van der Waals surface area contributed by atoms with Gasteiger partial charge < -0.3 is 11.5 Å². The molecule has 2 aromatic carbocycles. The monoisotopic (exact) mass is 412 g/mol. The maximum atomic E-state index is 12.8. The van der Waals surface area contributed by atoms with Gasteiger partial charge in [0, 0.05) is 15.4 Å². The maximum Gasteiger partial charge on any atom is 0.416 e. The number of alkyl halides is 3. The molecule has 9 heteroatoms. The second-order valence-electron chi connectivity index (χ2n) is 5.83. The molecule has 0 aliphatic heterocycles. The van der Waals surface area contributed by atoms with Crippen LogP contribution >= 0.6 is 23.2 Å². The Bertz CT molecular complexity index is 1080. The molecule has 4 nitrogen and oxygen atoms in total. The first-order valence-corrected chi connectivity index (χ1v) is 8.40. The Morgan fingerprint density at radius 2 is 1.81 bits per heavy atom. The van der Waals surface area contributed by atoms with Gasteiger partial charge in [0.1, 0.15) is 5.82 Å². The number of aromatic nitrogens is 2. The number of halogens is 5. The Morgan fingerprint density at radius 3 is 2.44 bits per heavy atom. The average Bonchev–Trinajstić information content (AvgIpc) is 2.55. The Morgan fingerprint density at radius 1 is 1.11 bits per heavy atom. The standard InChI is InChI=1S/C18H13Cl2F3N4/c1-8-11(4-5-14-15(8)16(24)27-17(25)26-14)13(20)6-9-2-3-10(7-12(9)19)18(21,22)23/h2-7H,1H3,(H4,24,25,26,27)/b13-6+. The van der Waals surface area contributed by atoms with E-state index in [2.05, 4.69) is 9.97 Å². The fourth-order valence-electron chi connectivity index (χ4n) is 2.74. The summed E-state index contributed by atoms with van der Waals surface area (Å²) in [6.45, 7) is 1.79. The smallest absolute Gasteiger partial charge is 0.383 e. The van der Waals surface area contributed by atoms with Gasteiger partial charge in [-0.25, -0.2) is 4.98 Å². The van der Waals surface area contributed by atoms with Gasteiger partial charge in [0.2, 0.25) is 5.95 Å². The number of fused-ring (bicyclic) bond motifs is 1. The number of nitrogens with zero attached hydrogens (tertiary/aromatic N) is 2. The molecule has 140 valence electrons. The zero-order valence-electron chi connectivity index (χ0n) is 13.9. The van der Waals surface area contributed by atoms with Gasteiger partial charge in [-0.15, -0.1) is 0 Å². The van der Waals surface area contributed by atoms with Gasteiger partial charge in [-0.2, -0.15) is 18.2 Å². The van der Waals surface area contributed by atoms with Crippen molar-refractivity contribution < 1.29 is 13.2 Å². The highest BCUT2D eigenvalue weighted by molar-refractivity contribution is 6.52. The van der Waals surface area contributed by atoms with Crippen LogP contribution in [0.3, 0.4) is 0 Å². The fraction of sp³-hybridized carbons (Fsp3) is 0.111. The van der Waals surface area contributed by atoms with E-state index in [0.29, 0.717) is 27.6 Å². The summed E-state index contributed by atoms with van der Waals surface area (Å²) in [5, 5.41) is 0.830. The lowest BCUT2D eigenvalue weighted by Crippen LogP contribution is -2.04. The molecule has 1 aromatic heterocycles. The highest BCUT2D eigenvalue weighted by Crippen LogP contribution is 2.35. The largest absolute Gasteiger partial charge is 0.416 e. The van der Waals surface area contributed by atoms with E-state index in [0.717, 1.165) is 12.1 Å². The molecule has 0 unspecified atom stereocenters. The van der Waals surface area contributed by atoms with Crippen molar-refractivity contribution >= 4 is 57.0 Å². The minimum Gasteiger partial charge on any atom is -0.383 e. The van der Waals surface area contributed by atoms with E-state index in [9.17, 15) is 13.2 Å². The molecule has 4 N–H and O–H groups in total. The van der Waals surface area contributed by atoms with Crippen LogP contribution in [0.1, 0.15) is 22.3 Å². The predicted molar refractivity (Wildman–Crippen MR) is 103 cm³/mol. The second-order valence-corrected chi connectivity index (χ2v) is 6.64. The van der Waals surface area contributed by atoms with Gasteiger partial charge in [-0.3, -0.25) is 0 Å². The lowest BCUT2D eigenvalue weighted by Gasteiger charge is -2.11. The quantitative estimate of drug-likeness (QED) is 0.543. The normalized spacial score (nSPS) is 12.6. The third kappa shape index (κ3) is 3.79. The molecule has 0 fully saturated rings. The zero-order valence-corrected chi connectivity index (χ0v) is 15.4. The van der Waals surface area contributed by atoms with Crippen molar-refractivity contribution in [1.29, 1.82) is 0 Å². The lowest BCUT2D eigenvalue weighted by molar-refractivity contribution is -0.137. The van der Waals surface area contributed by atoms with Crippen molar-refractivity contribution in [2.75, 3.05) is 11.5 Å². The van der Waals surface area contributed by atoms with Crippen molar-refractivity contribution in [1.82, 2.24) is 9.97 Å². The Hall–Kier alpha value is -2.51. The third-order valence-electron chi connectivity index (χ3n) is 4.04. The molecular formula is C18H13Cl2F3N4. The number of nitrogen functional groups attached to an aromatic ring is 2. The molecule has 1 heterocycles. The molecule has 0 saturated heterocycles. The van der Waals surface area contributed by atoms with Crippen LogP contribution in [0.25, 0.3) is 22.0 Å². The van der Waals surface area contributed by atoms with Gasteiger partial charge in [-0.1, -0.05) is 35.3 Å². The molecular weight excluding hydrogens is 400 g/mol. The van der Waals surface area contributed by atoms with Gasteiger partial charge in [0.25, 0.3) is 0 Å². The minimum absolute atomic E-state index is 0.0583. The first-order chi connectivity index (χ1) is 12.6. The summed E-state index contributed by atoms with van der Waals surface area (Å²) in [5.41, 5.74) is 13.0. The fourth-order valence-corrected chi connectivity index (χ4v) is 3.29. The molecule has 0 aliphatic carbocycles. The van der Waals surface area contributed by atoms with Gasteiger partial charge >= 0.3 is 6.18 Å². The summed E-state index contributed by atoms with van der Waals surface area (Å²) in [6, 6.07) is 6.49. The van der Waals surface area contributed by atoms with E-state index in [-0.39, 0.29) is 21.8 Å². The summed E-state index contributed by atoms with van der Waals surface area (Å²) < 4.78 is 38.3. The van der Waals surface area contributed by atoms with Crippen LogP contribution in [0.5, 0.6) is 0 Å². The van der Waals surface area contributed by atoms with Gasteiger partial charge in [0.05, 0.1) is 11.1 Å². The van der Waals surface area contributed by atoms with Crippen molar-refractivity contribution in [3.63, 3.8) is 0 Å². The molecule has 0 bridgehead atoms. The number of benzene rings is 2. The van der Waals surface area contributed by atoms with Crippen LogP contribution in [-0.2, 0) is 6.18 Å². The van der Waals surface area contributed by atoms with Crippen LogP contribution in [0.2, 0.25) is 5.02 Å². The second kappa shape index (κ2) is 6.90. The number of hydrogen-bond donors (Lipinski definition) is 2. The molecule has 0 atom stereocenters.